The van der Waals surface area contributed by atoms with Gasteiger partial charge in [-0.1, -0.05) is 24.3 Å². The summed E-state index contributed by atoms with van der Waals surface area (Å²) in [6, 6.07) is 14.2. The van der Waals surface area contributed by atoms with E-state index in [9.17, 15) is 9.18 Å². The molecule has 2 aromatic carbocycles. The third kappa shape index (κ3) is 3.18. The summed E-state index contributed by atoms with van der Waals surface area (Å²) in [4.78, 5) is 12.6. The van der Waals surface area contributed by atoms with Gasteiger partial charge in [0, 0.05) is 13.1 Å². The molecule has 0 bridgehead atoms. The van der Waals surface area contributed by atoms with Crippen LogP contribution in [-0.2, 0) is 0 Å². The molecule has 2 fully saturated rings. The Morgan fingerprint density at radius 1 is 1.08 bits per heavy atom. The van der Waals surface area contributed by atoms with Crippen molar-refractivity contribution in [3.63, 3.8) is 0 Å². The smallest absolute Gasteiger partial charge is 0.407 e. The molecular weight excluding hydrogens is 321 g/mol. The molecule has 130 valence electrons. The zero-order valence-electron chi connectivity index (χ0n) is 13.8. The fourth-order valence-corrected chi connectivity index (χ4v) is 3.98. The van der Waals surface area contributed by atoms with Crippen molar-refractivity contribution in [3.8, 4) is 16.9 Å². The van der Waals surface area contributed by atoms with E-state index in [1.807, 2.05) is 24.3 Å². The van der Waals surface area contributed by atoms with Crippen LogP contribution in [0.25, 0.3) is 11.1 Å². The Bertz CT molecular complexity index is 767. The largest absolute Gasteiger partial charge is 0.490 e. The maximum absolute atomic E-state index is 13.0. The number of carboxylic acid groups (broad SMARTS) is 1. The monoisotopic (exact) mass is 341 g/mol. The molecule has 5 heteroatoms. The highest BCUT2D eigenvalue weighted by Gasteiger charge is 2.50. The molecule has 1 spiro atoms. The maximum Gasteiger partial charge on any atom is 0.407 e. The number of carbonyl (C=O) groups is 1. The van der Waals surface area contributed by atoms with Gasteiger partial charge in [0.25, 0.3) is 0 Å². The third-order valence-corrected chi connectivity index (χ3v) is 5.36. The summed E-state index contributed by atoms with van der Waals surface area (Å²) < 4.78 is 19.0. The van der Waals surface area contributed by atoms with Crippen molar-refractivity contribution in [2.75, 3.05) is 13.1 Å². The summed E-state index contributed by atoms with van der Waals surface area (Å²) in [5.41, 5.74) is 2.11. The molecule has 1 amide bonds. The first kappa shape index (κ1) is 15.9. The Hall–Kier alpha value is -2.56. The predicted molar refractivity (Wildman–Crippen MR) is 92.1 cm³/mol. The number of benzene rings is 2. The lowest BCUT2D eigenvalue weighted by molar-refractivity contribution is -0.00728. The van der Waals surface area contributed by atoms with Crippen molar-refractivity contribution in [2.24, 2.45) is 5.41 Å². The molecule has 25 heavy (non-hydrogen) atoms. The second-order valence-electron chi connectivity index (χ2n) is 7.13. The molecule has 1 N–H and O–H groups in total. The number of ether oxygens (including phenoxy) is 1. The van der Waals surface area contributed by atoms with Crippen LogP contribution >= 0.6 is 0 Å². The molecule has 0 unspecified atom stereocenters. The minimum absolute atomic E-state index is 0.122. The van der Waals surface area contributed by atoms with Gasteiger partial charge in [-0.25, -0.2) is 9.18 Å². The third-order valence-electron chi connectivity index (χ3n) is 5.36. The van der Waals surface area contributed by atoms with Crippen molar-refractivity contribution in [3.05, 3.63) is 54.3 Å². The lowest BCUT2D eigenvalue weighted by Crippen LogP contribution is -2.46. The number of nitrogens with zero attached hydrogens (tertiary/aromatic N) is 1. The van der Waals surface area contributed by atoms with E-state index in [0.29, 0.717) is 13.1 Å². The molecule has 2 aliphatic rings. The van der Waals surface area contributed by atoms with Gasteiger partial charge in [-0.15, -0.1) is 0 Å². The Morgan fingerprint density at radius 2 is 1.68 bits per heavy atom. The van der Waals surface area contributed by atoms with Crippen LogP contribution in [0, 0.1) is 11.2 Å². The highest BCUT2D eigenvalue weighted by Crippen LogP contribution is 2.49. The molecule has 4 rings (SSSR count). The quantitative estimate of drug-likeness (QED) is 0.900. The second kappa shape index (κ2) is 6.06. The van der Waals surface area contributed by atoms with Crippen molar-refractivity contribution < 1.29 is 19.0 Å². The summed E-state index contributed by atoms with van der Waals surface area (Å²) in [5, 5.41) is 9.08. The van der Waals surface area contributed by atoms with E-state index in [1.165, 1.54) is 17.0 Å². The second-order valence-corrected chi connectivity index (χ2v) is 7.13. The number of likely N-dealkylation sites (tertiary alicyclic amines) is 1. The number of hydrogen-bond donors (Lipinski definition) is 1. The maximum atomic E-state index is 13.0. The minimum atomic E-state index is -0.822. The van der Waals surface area contributed by atoms with Crippen LogP contribution < -0.4 is 4.74 Å². The summed E-state index contributed by atoms with van der Waals surface area (Å²) >= 11 is 0. The normalized spacial score (nSPS) is 25.0. The number of halogens is 1. The van der Waals surface area contributed by atoms with Gasteiger partial charge in [0.05, 0.1) is 6.10 Å². The summed E-state index contributed by atoms with van der Waals surface area (Å²) in [7, 11) is 0. The SMILES string of the molecule is O=C(O)N1CCC2(CC(Oc3ccc(-c4ccc(F)cc4)cc3)C2)C1. The van der Waals surface area contributed by atoms with Crippen LogP contribution in [0.15, 0.2) is 48.5 Å². The predicted octanol–water partition coefficient (Wildman–Crippen LogP) is 4.40. The molecule has 1 heterocycles. The Labute approximate surface area is 145 Å². The first-order valence-electron chi connectivity index (χ1n) is 8.54. The first-order chi connectivity index (χ1) is 12.0. The van der Waals surface area contributed by atoms with Gasteiger partial charge in [0.2, 0.25) is 0 Å². The lowest BCUT2D eigenvalue weighted by atomic mass is 9.66. The van der Waals surface area contributed by atoms with Crippen molar-refractivity contribution >= 4 is 6.09 Å². The molecule has 0 atom stereocenters. The van der Waals surface area contributed by atoms with E-state index in [-0.39, 0.29) is 17.3 Å². The fourth-order valence-electron chi connectivity index (χ4n) is 3.98. The molecule has 0 aromatic heterocycles. The Balaban J connectivity index is 1.34. The van der Waals surface area contributed by atoms with Crippen LogP contribution in [0.2, 0.25) is 0 Å². The highest BCUT2D eigenvalue weighted by atomic mass is 19.1. The van der Waals surface area contributed by atoms with Crippen molar-refractivity contribution in [2.45, 2.75) is 25.4 Å². The molecule has 1 saturated carbocycles. The van der Waals surface area contributed by atoms with Crippen LogP contribution in [0.5, 0.6) is 5.75 Å². The highest BCUT2D eigenvalue weighted by molar-refractivity contribution is 5.65. The first-order valence-corrected chi connectivity index (χ1v) is 8.54. The zero-order valence-corrected chi connectivity index (χ0v) is 13.8. The van der Waals surface area contributed by atoms with Gasteiger partial charge in [-0.2, -0.15) is 0 Å². The van der Waals surface area contributed by atoms with E-state index in [4.69, 9.17) is 9.84 Å². The topological polar surface area (TPSA) is 49.8 Å². The van der Waals surface area contributed by atoms with E-state index >= 15 is 0 Å². The lowest BCUT2D eigenvalue weighted by Gasteiger charge is -2.44. The van der Waals surface area contributed by atoms with Crippen LogP contribution in [-0.4, -0.2) is 35.3 Å². The zero-order chi connectivity index (χ0) is 17.4. The molecular formula is C20H20FNO3. The molecule has 4 nitrogen and oxygen atoms in total. The number of rotatable bonds is 3. The van der Waals surface area contributed by atoms with E-state index in [1.54, 1.807) is 12.1 Å². The average molecular weight is 341 g/mol. The number of amides is 1. The van der Waals surface area contributed by atoms with Gasteiger partial charge in [0.15, 0.2) is 0 Å². The van der Waals surface area contributed by atoms with Crippen LogP contribution in [0.4, 0.5) is 9.18 Å². The van der Waals surface area contributed by atoms with Gasteiger partial charge < -0.3 is 14.7 Å². The van der Waals surface area contributed by atoms with Crippen LogP contribution in [0.1, 0.15) is 19.3 Å². The standard InChI is InChI=1S/C20H20FNO3/c21-16-5-1-14(2-6-16)15-3-7-17(8-4-15)25-18-11-20(12-18)9-10-22(13-20)19(23)24/h1-8,18H,9-13H2,(H,23,24). The molecule has 2 aromatic rings. The van der Waals surface area contributed by atoms with Gasteiger partial charge in [0.1, 0.15) is 11.6 Å². The van der Waals surface area contributed by atoms with E-state index < -0.39 is 6.09 Å². The van der Waals surface area contributed by atoms with E-state index in [0.717, 1.165) is 36.1 Å². The summed E-state index contributed by atoms with van der Waals surface area (Å²) in [5.74, 6) is 0.579. The fraction of sp³-hybridized carbons (Fsp3) is 0.350. The van der Waals surface area contributed by atoms with Crippen molar-refractivity contribution in [1.29, 1.82) is 0 Å². The number of hydrogen-bond acceptors (Lipinski definition) is 2. The molecule has 1 aliphatic heterocycles. The average Bonchev–Trinajstić information content (AvgIpc) is 3.02. The summed E-state index contributed by atoms with van der Waals surface area (Å²) in [6.45, 7) is 1.26. The summed E-state index contributed by atoms with van der Waals surface area (Å²) in [6.07, 6.45) is 2.10. The molecule has 1 aliphatic carbocycles. The minimum Gasteiger partial charge on any atom is -0.490 e. The Kier molecular flexibility index (Phi) is 3.86. The van der Waals surface area contributed by atoms with Gasteiger partial charge in [-0.05, 0) is 60.1 Å². The Morgan fingerprint density at radius 3 is 2.24 bits per heavy atom. The van der Waals surface area contributed by atoms with E-state index in [2.05, 4.69) is 0 Å². The van der Waals surface area contributed by atoms with Crippen molar-refractivity contribution in [1.82, 2.24) is 4.90 Å². The van der Waals surface area contributed by atoms with Crippen LogP contribution in [0.3, 0.4) is 0 Å². The molecule has 0 radical (unpaired) electrons. The van der Waals surface area contributed by atoms with Gasteiger partial charge in [-0.3, -0.25) is 0 Å². The van der Waals surface area contributed by atoms with Gasteiger partial charge >= 0.3 is 6.09 Å². The molecule has 1 saturated heterocycles.